The molecule has 1 heterocycles. The highest BCUT2D eigenvalue weighted by molar-refractivity contribution is 5.83. The van der Waals surface area contributed by atoms with Crippen LogP contribution in [0.1, 0.15) is 19.8 Å². The van der Waals surface area contributed by atoms with E-state index in [4.69, 9.17) is 14.6 Å². The Bertz CT molecular complexity index is 387. The van der Waals surface area contributed by atoms with Crippen molar-refractivity contribution < 1.29 is 29.0 Å². The molecule has 0 radical (unpaired) electrons. The fraction of sp³-hybridized carbons (Fsp3) is 0.769. The highest BCUT2D eigenvalue weighted by atomic mass is 16.5. The van der Waals surface area contributed by atoms with Crippen LogP contribution in [0.25, 0.3) is 0 Å². The molecule has 2 unspecified atom stereocenters. The smallest absolute Gasteiger partial charge is 0.328 e. The highest BCUT2D eigenvalue weighted by Crippen LogP contribution is 2.18. The van der Waals surface area contributed by atoms with Gasteiger partial charge in [-0.25, -0.2) is 9.59 Å². The number of amides is 2. The Labute approximate surface area is 123 Å². The van der Waals surface area contributed by atoms with Crippen molar-refractivity contribution in [3.8, 4) is 0 Å². The lowest BCUT2D eigenvalue weighted by Crippen LogP contribution is -2.53. The van der Waals surface area contributed by atoms with Gasteiger partial charge in [-0.1, -0.05) is 0 Å². The topological polar surface area (TPSA) is 105 Å². The van der Waals surface area contributed by atoms with E-state index in [-0.39, 0.29) is 25.0 Å². The zero-order valence-corrected chi connectivity index (χ0v) is 12.3. The van der Waals surface area contributed by atoms with Crippen LogP contribution >= 0.6 is 0 Å². The van der Waals surface area contributed by atoms with Crippen molar-refractivity contribution in [2.45, 2.75) is 25.8 Å². The number of likely N-dealkylation sites (tertiary alicyclic amines) is 1. The fourth-order valence-electron chi connectivity index (χ4n) is 2.20. The van der Waals surface area contributed by atoms with Crippen molar-refractivity contribution in [3.05, 3.63) is 0 Å². The summed E-state index contributed by atoms with van der Waals surface area (Å²) in [6, 6.07) is -1.61. The van der Waals surface area contributed by atoms with Crippen LogP contribution in [0.5, 0.6) is 0 Å². The molecule has 1 rings (SSSR count). The molecule has 1 fully saturated rings. The maximum absolute atomic E-state index is 12.1. The normalized spacial score (nSPS) is 19.7. The van der Waals surface area contributed by atoms with E-state index in [9.17, 15) is 14.4 Å². The third-order valence-corrected chi connectivity index (χ3v) is 3.26. The summed E-state index contributed by atoms with van der Waals surface area (Å²) >= 11 is 0. The Kier molecular flexibility index (Phi) is 6.93. The molecule has 8 heteroatoms. The van der Waals surface area contributed by atoms with Gasteiger partial charge in [-0.15, -0.1) is 0 Å². The van der Waals surface area contributed by atoms with E-state index in [0.29, 0.717) is 26.0 Å². The fourth-order valence-corrected chi connectivity index (χ4v) is 2.20. The van der Waals surface area contributed by atoms with Gasteiger partial charge in [0.15, 0.2) is 6.04 Å². The number of carboxylic acid groups (broad SMARTS) is 1. The van der Waals surface area contributed by atoms with Crippen molar-refractivity contribution >= 4 is 18.0 Å². The SMILES string of the molecule is CCOC(=O)C1CCCN(C(=O)NC(COC)C(=O)O)C1. The largest absolute Gasteiger partial charge is 0.480 e. The van der Waals surface area contributed by atoms with E-state index in [1.54, 1.807) is 6.92 Å². The number of nitrogens with one attached hydrogen (secondary N) is 1. The zero-order valence-electron chi connectivity index (χ0n) is 12.3. The van der Waals surface area contributed by atoms with Gasteiger partial charge in [0.25, 0.3) is 0 Å². The van der Waals surface area contributed by atoms with Crippen LogP contribution in [0.15, 0.2) is 0 Å². The number of piperidine rings is 1. The van der Waals surface area contributed by atoms with Gasteiger partial charge in [-0.05, 0) is 19.8 Å². The molecule has 0 aromatic carbocycles. The molecular formula is C13H22N2O6. The summed E-state index contributed by atoms with van der Waals surface area (Å²) in [6.07, 6.45) is 1.35. The van der Waals surface area contributed by atoms with Crippen molar-refractivity contribution in [1.82, 2.24) is 10.2 Å². The Balaban J connectivity index is 2.56. The second kappa shape index (κ2) is 8.46. The Morgan fingerprint density at radius 1 is 1.43 bits per heavy atom. The van der Waals surface area contributed by atoms with Gasteiger partial charge < -0.3 is 24.8 Å². The summed E-state index contributed by atoms with van der Waals surface area (Å²) in [6.45, 7) is 2.64. The number of urea groups is 1. The second-order valence-electron chi connectivity index (χ2n) is 4.83. The van der Waals surface area contributed by atoms with E-state index in [1.165, 1.54) is 12.0 Å². The van der Waals surface area contributed by atoms with Crippen LogP contribution in [0.3, 0.4) is 0 Å². The average Bonchev–Trinajstić information content (AvgIpc) is 2.47. The number of hydrogen-bond acceptors (Lipinski definition) is 5. The standard InChI is InChI=1S/C13H22N2O6/c1-3-21-12(18)9-5-4-6-15(7-9)13(19)14-10(8-20-2)11(16)17/h9-10H,3-8H2,1-2H3,(H,14,19)(H,16,17). The number of ether oxygens (including phenoxy) is 2. The monoisotopic (exact) mass is 302 g/mol. The van der Waals surface area contributed by atoms with E-state index < -0.39 is 18.0 Å². The van der Waals surface area contributed by atoms with E-state index in [2.05, 4.69) is 5.32 Å². The molecule has 2 N–H and O–H groups in total. The van der Waals surface area contributed by atoms with Crippen molar-refractivity contribution in [2.24, 2.45) is 5.92 Å². The first-order valence-electron chi connectivity index (χ1n) is 6.93. The molecule has 0 aliphatic carbocycles. The van der Waals surface area contributed by atoms with Gasteiger partial charge in [0.05, 0.1) is 19.1 Å². The van der Waals surface area contributed by atoms with Crippen molar-refractivity contribution in [1.29, 1.82) is 0 Å². The van der Waals surface area contributed by atoms with E-state index in [0.717, 1.165) is 0 Å². The quantitative estimate of drug-likeness (QED) is 0.673. The number of carbonyl (C=O) groups is 3. The number of hydrogen-bond donors (Lipinski definition) is 2. The van der Waals surface area contributed by atoms with Gasteiger partial charge in [-0.2, -0.15) is 0 Å². The number of aliphatic carboxylic acids is 1. The number of rotatable bonds is 6. The average molecular weight is 302 g/mol. The van der Waals surface area contributed by atoms with Crippen LogP contribution in [0, 0.1) is 5.92 Å². The minimum atomic E-state index is -1.16. The molecule has 0 bridgehead atoms. The van der Waals surface area contributed by atoms with Gasteiger partial charge >= 0.3 is 18.0 Å². The first kappa shape index (κ1) is 17.2. The predicted octanol–water partition coefficient (Wildman–Crippen LogP) is 0.0707. The zero-order chi connectivity index (χ0) is 15.8. The Hall–Kier alpha value is -1.83. The summed E-state index contributed by atoms with van der Waals surface area (Å²) in [5.41, 5.74) is 0. The molecule has 0 aromatic heterocycles. The number of nitrogens with zero attached hydrogens (tertiary/aromatic N) is 1. The number of esters is 1. The summed E-state index contributed by atoms with van der Waals surface area (Å²) in [7, 11) is 1.36. The lowest BCUT2D eigenvalue weighted by atomic mass is 9.98. The van der Waals surface area contributed by atoms with Gasteiger partial charge in [-0.3, -0.25) is 4.79 Å². The molecule has 21 heavy (non-hydrogen) atoms. The molecule has 2 atom stereocenters. The summed E-state index contributed by atoms with van der Waals surface area (Å²) < 4.78 is 9.71. The van der Waals surface area contributed by atoms with E-state index >= 15 is 0 Å². The lowest BCUT2D eigenvalue weighted by molar-refractivity contribution is -0.149. The van der Waals surface area contributed by atoms with Crippen LogP contribution < -0.4 is 5.32 Å². The first-order valence-corrected chi connectivity index (χ1v) is 6.93. The Morgan fingerprint density at radius 3 is 2.71 bits per heavy atom. The molecule has 120 valence electrons. The molecule has 0 saturated carbocycles. The first-order chi connectivity index (χ1) is 9.99. The van der Waals surface area contributed by atoms with Crippen LogP contribution in [0.4, 0.5) is 4.79 Å². The molecule has 8 nitrogen and oxygen atoms in total. The summed E-state index contributed by atoms with van der Waals surface area (Å²) in [4.78, 5) is 36.2. The maximum atomic E-state index is 12.1. The minimum Gasteiger partial charge on any atom is -0.480 e. The van der Waals surface area contributed by atoms with Crippen molar-refractivity contribution in [3.63, 3.8) is 0 Å². The third-order valence-electron chi connectivity index (χ3n) is 3.26. The molecule has 1 aliphatic heterocycles. The summed E-state index contributed by atoms with van der Waals surface area (Å²) in [5, 5.41) is 11.4. The molecule has 0 spiro atoms. The van der Waals surface area contributed by atoms with Gasteiger partial charge in [0.2, 0.25) is 0 Å². The minimum absolute atomic E-state index is 0.115. The van der Waals surface area contributed by atoms with Crippen LogP contribution in [-0.2, 0) is 19.1 Å². The van der Waals surface area contributed by atoms with Crippen LogP contribution in [-0.4, -0.2) is 67.4 Å². The summed E-state index contributed by atoms with van der Waals surface area (Å²) in [5.74, 6) is -1.83. The predicted molar refractivity (Wildman–Crippen MR) is 72.8 cm³/mol. The molecule has 0 aromatic rings. The number of methoxy groups -OCH3 is 1. The Morgan fingerprint density at radius 2 is 2.14 bits per heavy atom. The van der Waals surface area contributed by atoms with Gasteiger partial charge in [0.1, 0.15) is 0 Å². The number of carboxylic acids is 1. The maximum Gasteiger partial charge on any atom is 0.328 e. The second-order valence-corrected chi connectivity index (χ2v) is 4.83. The number of carbonyl (C=O) groups excluding carboxylic acids is 2. The lowest BCUT2D eigenvalue weighted by Gasteiger charge is -2.32. The third kappa shape index (κ3) is 5.22. The van der Waals surface area contributed by atoms with Crippen molar-refractivity contribution in [2.75, 3.05) is 33.4 Å². The van der Waals surface area contributed by atoms with Crippen LogP contribution in [0.2, 0.25) is 0 Å². The molecular weight excluding hydrogens is 280 g/mol. The molecule has 1 aliphatic rings. The highest BCUT2D eigenvalue weighted by Gasteiger charge is 2.31. The molecule has 1 saturated heterocycles. The van der Waals surface area contributed by atoms with Gasteiger partial charge in [0, 0.05) is 20.2 Å². The molecule has 2 amide bonds. The van der Waals surface area contributed by atoms with E-state index in [1.807, 2.05) is 0 Å².